The van der Waals surface area contributed by atoms with E-state index in [1.54, 1.807) is 0 Å². The topological polar surface area (TPSA) is 26.3 Å². The number of carbonyl (C=O) groups is 1. The highest BCUT2D eigenvalue weighted by Crippen LogP contribution is 2.03. The van der Waals surface area contributed by atoms with E-state index in [9.17, 15) is 4.79 Å². The van der Waals surface area contributed by atoms with Gasteiger partial charge in [-0.25, -0.2) is 0 Å². The summed E-state index contributed by atoms with van der Waals surface area (Å²) in [6.45, 7) is 6.48. The minimum atomic E-state index is -0.0765. The van der Waals surface area contributed by atoms with Crippen molar-refractivity contribution in [3.05, 3.63) is 12.2 Å². The minimum Gasteiger partial charge on any atom is -0.465 e. The zero-order chi connectivity index (χ0) is 10.1. The van der Waals surface area contributed by atoms with Crippen LogP contribution in [0.2, 0.25) is 0 Å². The quantitative estimate of drug-likeness (QED) is 0.360. The molecule has 0 bridgehead atoms. The SMILES string of the molecule is CC/C=C\CCOC(=O)C(C)CC. The monoisotopic (exact) mass is 184 g/mol. The summed E-state index contributed by atoms with van der Waals surface area (Å²) in [5.74, 6) is -0.0393. The Kier molecular flexibility index (Phi) is 7.36. The molecule has 0 N–H and O–H groups in total. The van der Waals surface area contributed by atoms with Crippen molar-refractivity contribution in [2.24, 2.45) is 5.92 Å². The Morgan fingerprint density at radius 3 is 2.62 bits per heavy atom. The fourth-order valence-corrected chi connectivity index (χ4v) is 0.821. The maximum Gasteiger partial charge on any atom is 0.308 e. The lowest BCUT2D eigenvalue weighted by atomic mass is 10.1. The second-order valence-electron chi connectivity index (χ2n) is 3.15. The van der Waals surface area contributed by atoms with Crippen LogP contribution in [0.3, 0.4) is 0 Å². The Labute approximate surface area is 81.0 Å². The van der Waals surface area contributed by atoms with Crippen molar-refractivity contribution in [2.75, 3.05) is 6.61 Å². The van der Waals surface area contributed by atoms with Crippen LogP contribution in [0.4, 0.5) is 0 Å². The van der Waals surface area contributed by atoms with Gasteiger partial charge in [0.1, 0.15) is 0 Å². The number of carbonyl (C=O) groups excluding carboxylic acids is 1. The summed E-state index contributed by atoms with van der Waals surface area (Å²) >= 11 is 0. The predicted octanol–water partition coefficient (Wildman–Crippen LogP) is 2.93. The lowest BCUT2D eigenvalue weighted by Gasteiger charge is -2.07. The molecule has 0 aromatic rings. The van der Waals surface area contributed by atoms with Crippen LogP contribution in [0.5, 0.6) is 0 Å². The highest BCUT2D eigenvalue weighted by atomic mass is 16.5. The Morgan fingerprint density at radius 2 is 2.08 bits per heavy atom. The third-order valence-electron chi connectivity index (χ3n) is 1.95. The van der Waals surface area contributed by atoms with E-state index in [0.29, 0.717) is 6.61 Å². The molecule has 0 radical (unpaired) electrons. The summed E-state index contributed by atoms with van der Waals surface area (Å²) in [5, 5.41) is 0. The van der Waals surface area contributed by atoms with Crippen LogP contribution in [0, 0.1) is 5.92 Å². The summed E-state index contributed by atoms with van der Waals surface area (Å²) in [6, 6.07) is 0. The van der Waals surface area contributed by atoms with Crippen molar-refractivity contribution in [1.29, 1.82) is 0 Å². The Bertz CT molecular complexity index is 161. The minimum absolute atomic E-state index is 0.0372. The molecule has 2 nitrogen and oxygen atoms in total. The highest BCUT2D eigenvalue weighted by molar-refractivity contribution is 5.71. The molecule has 0 aliphatic carbocycles. The van der Waals surface area contributed by atoms with Crippen molar-refractivity contribution in [1.82, 2.24) is 0 Å². The first-order valence-electron chi connectivity index (χ1n) is 5.04. The lowest BCUT2D eigenvalue weighted by Crippen LogP contribution is -2.14. The first-order chi connectivity index (χ1) is 6.22. The third-order valence-corrected chi connectivity index (χ3v) is 1.95. The summed E-state index contributed by atoms with van der Waals surface area (Å²) in [7, 11) is 0. The maximum atomic E-state index is 11.2. The molecule has 13 heavy (non-hydrogen) atoms. The van der Waals surface area contributed by atoms with Crippen LogP contribution in [0.25, 0.3) is 0 Å². The van der Waals surface area contributed by atoms with Gasteiger partial charge in [-0.05, 0) is 19.3 Å². The zero-order valence-electron chi connectivity index (χ0n) is 8.88. The predicted molar refractivity (Wildman–Crippen MR) is 54.5 cm³/mol. The van der Waals surface area contributed by atoms with Gasteiger partial charge in [0.05, 0.1) is 12.5 Å². The van der Waals surface area contributed by atoms with Gasteiger partial charge in [-0.2, -0.15) is 0 Å². The lowest BCUT2D eigenvalue weighted by molar-refractivity contribution is -0.147. The molecular weight excluding hydrogens is 164 g/mol. The van der Waals surface area contributed by atoms with Gasteiger partial charge in [-0.3, -0.25) is 4.79 Å². The molecule has 0 aliphatic heterocycles. The molecule has 0 amide bonds. The van der Waals surface area contributed by atoms with E-state index in [1.807, 2.05) is 19.9 Å². The van der Waals surface area contributed by atoms with Gasteiger partial charge in [0.2, 0.25) is 0 Å². The average molecular weight is 184 g/mol. The van der Waals surface area contributed by atoms with Crippen LogP contribution >= 0.6 is 0 Å². The van der Waals surface area contributed by atoms with Crippen LogP contribution in [0.1, 0.15) is 40.0 Å². The van der Waals surface area contributed by atoms with Crippen molar-refractivity contribution in [3.63, 3.8) is 0 Å². The molecule has 1 unspecified atom stereocenters. The normalized spacial score (nSPS) is 13.2. The molecule has 76 valence electrons. The van der Waals surface area contributed by atoms with Crippen molar-refractivity contribution in [2.45, 2.75) is 40.0 Å². The van der Waals surface area contributed by atoms with Crippen LogP contribution in [0.15, 0.2) is 12.2 Å². The standard InChI is InChI=1S/C11H20O2/c1-4-6-7-8-9-13-11(12)10(3)5-2/h6-7,10H,4-5,8-9H2,1-3H3/b7-6-. The van der Waals surface area contributed by atoms with Gasteiger partial charge in [0, 0.05) is 0 Å². The van der Waals surface area contributed by atoms with Crippen LogP contribution < -0.4 is 0 Å². The van der Waals surface area contributed by atoms with Crippen molar-refractivity contribution in [3.8, 4) is 0 Å². The van der Waals surface area contributed by atoms with Crippen molar-refractivity contribution < 1.29 is 9.53 Å². The number of hydrogen-bond acceptors (Lipinski definition) is 2. The number of hydrogen-bond donors (Lipinski definition) is 0. The summed E-state index contributed by atoms with van der Waals surface area (Å²) in [4.78, 5) is 11.2. The van der Waals surface area contributed by atoms with Crippen LogP contribution in [-0.4, -0.2) is 12.6 Å². The van der Waals surface area contributed by atoms with E-state index in [4.69, 9.17) is 4.74 Å². The van der Waals surface area contributed by atoms with Gasteiger partial charge >= 0.3 is 5.97 Å². The van der Waals surface area contributed by atoms with Crippen molar-refractivity contribution >= 4 is 5.97 Å². The van der Waals surface area contributed by atoms with E-state index >= 15 is 0 Å². The molecule has 0 aliphatic rings. The Hall–Kier alpha value is -0.790. The second kappa shape index (κ2) is 7.84. The van der Waals surface area contributed by atoms with Gasteiger partial charge in [-0.15, -0.1) is 0 Å². The van der Waals surface area contributed by atoms with Gasteiger partial charge in [0.15, 0.2) is 0 Å². The van der Waals surface area contributed by atoms with Gasteiger partial charge in [0.25, 0.3) is 0 Å². The summed E-state index contributed by atoms with van der Waals surface area (Å²) in [5.41, 5.74) is 0. The fraction of sp³-hybridized carbons (Fsp3) is 0.727. The van der Waals surface area contributed by atoms with E-state index in [2.05, 4.69) is 13.0 Å². The number of ether oxygens (including phenoxy) is 1. The molecule has 0 aromatic heterocycles. The Morgan fingerprint density at radius 1 is 1.38 bits per heavy atom. The number of allylic oxidation sites excluding steroid dienone is 1. The molecule has 0 saturated heterocycles. The molecule has 0 aromatic carbocycles. The largest absolute Gasteiger partial charge is 0.465 e. The van der Waals surface area contributed by atoms with Gasteiger partial charge in [-0.1, -0.05) is 32.9 Å². The number of rotatable bonds is 6. The smallest absolute Gasteiger partial charge is 0.308 e. The molecular formula is C11H20O2. The first kappa shape index (κ1) is 12.2. The highest BCUT2D eigenvalue weighted by Gasteiger charge is 2.10. The molecule has 1 atom stereocenters. The molecule has 0 spiro atoms. The zero-order valence-corrected chi connectivity index (χ0v) is 8.88. The number of esters is 1. The third kappa shape index (κ3) is 6.38. The molecule has 0 fully saturated rings. The summed E-state index contributed by atoms with van der Waals surface area (Å²) in [6.07, 6.45) is 6.85. The van der Waals surface area contributed by atoms with E-state index in [1.165, 1.54) is 0 Å². The second-order valence-corrected chi connectivity index (χ2v) is 3.15. The molecule has 0 rings (SSSR count). The van der Waals surface area contributed by atoms with E-state index in [-0.39, 0.29) is 11.9 Å². The first-order valence-corrected chi connectivity index (χ1v) is 5.04. The average Bonchev–Trinajstić information content (AvgIpc) is 2.16. The van der Waals surface area contributed by atoms with E-state index < -0.39 is 0 Å². The summed E-state index contributed by atoms with van der Waals surface area (Å²) < 4.78 is 5.05. The van der Waals surface area contributed by atoms with E-state index in [0.717, 1.165) is 19.3 Å². The maximum absolute atomic E-state index is 11.2. The molecule has 0 heterocycles. The van der Waals surface area contributed by atoms with Gasteiger partial charge < -0.3 is 4.74 Å². The molecule has 2 heteroatoms. The van der Waals surface area contributed by atoms with Crippen LogP contribution in [-0.2, 0) is 9.53 Å². The molecule has 0 saturated carbocycles. The fourth-order valence-electron chi connectivity index (χ4n) is 0.821. The Balaban J connectivity index is 3.42.